The highest BCUT2D eigenvalue weighted by Gasteiger charge is 2.09. The monoisotopic (exact) mass is 321 g/mol. The molecule has 1 heterocycles. The lowest BCUT2D eigenvalue weighted by Crippen LogP contribution is -2.02. The van der Waals surface area contributed by atoms with Crippen LogP contribution in [0.5, 0.6) is 5.75 Å². The van der Waals surface area contributed by atoms with Gasteiger partial charge in [-0.25, -0.2) is 0 Å². The first-order chi connectivity index (χ1) is 9.19. The van der Waals surface area contributed by atoms with Gasteiger partial charge in [0.1, 0.15) is 5.75 Å². The molecular weight excluding hydrogens is 306 g/mol. The molecule has 0 amide bonds. The molecule has 0 bridgehead atoms. The molecule has 0 fully saturated rings. The van der Waals surface area contributed by atoms with Crippen molar-refractivity contribution in [3.8, 4) is 5.75 Å². The van der Waals surface area contributed by atoms with E-state index < -0.39 is 6.10 Å². The molecule has 0 radical (unpaired) electrons. The Kier molecular flexibility index (Phi) is 4.93. The Balaban J connectivity index is 2.05. The van der Waals surface area contributed by atoms with Crippen LogP contribution in [0.25, 0.3) is 0 Å². The topological polar surface area (TPSA) is 42.4 Å². The van der Waals surface area contributed by atoms with Crippen molar-refractivity contribution in [2.45, 2.75) is 19.4 Å². The van der Waals surface area contributed by atoms with E-state index >= 15 is 0 Å². The third-order valence-electron chi connectivity index (χ3n) is 2.77. The van der Waals surface area contributed by atoms with Crippen LogP contribution >= 0.6 is 15.9 Å². The number of rotatable bonds is 5. The fourth-order valence-electron chi connectivity index (χ4n) is 1.86. The number of hydrogen-bond donors (Lipinski definition) is 1. The number of aliphatic hydroxyl groups is 1. The van der Waals surface area contributed by atoms with Gasteiger partial charge in [0.05, 0.1) is 12.7 Å². The first-order valence-corrected chi connectivity index (χ1v) is 6.98. The van der Waals surface area contributed by atoms with E-state index in [2.05, 4.69) is 20.9 Å². The second kappa shape index (κ2) is 6.68. The molecule has 100 valence electrons. The highest BCUT2D eigenvalue weighted by Crippen LogP contribution is 2.22. The first kappa shape index (κ1) is 14.0. The Morgan fingerprint density at radius 3 is 2.63 bits per heavy atom. The summed E-state index contributed by atoms with van der Waals surface area (Å²) in [4.78, 5) is 4.09. The van der Waals surface area contributed by atoms with E-state index in [0.29, 0.717) is 13.0 Å². The molecule has 2 rings (SSSR count). The average Bonchev–Trinajstić information content (AvgIpc) is 2.40. The fraction of sp³-hybridized carbons (Fsp3) is 0.267. The average molecular weight is 322 g/mol. The van der Waals surface area contributed by atoms with Crippen LogP contribution in [0.3, 0.4) is 0 Å². The van der Waals surface area contributed by atoms with Crippen LogP contribution in [0, 0.1) is 0 Å². The van der Waals surface area contributed by atoms with Gasteiger partial charge in [-0.3, -0.25) is 4.98 Å². The van der Waals surface area contributed by atoms with Crippen LogP contribution in [0.4, 0.5) is 0 Å². The smallest absolute Gasteiger partial charge is 0.119 e. The van der Waals surface area contributed by atoms with Crippen molar-refractivity contribution in [2.24, 2.45) is 0 Å². The number of nitrogens with zero attached hydrogens (tertiary/aromatic N) is 1. The van der Waals surface area contributed by atoms with Crippen molar-refractivity contribution >= 4 is 15.9 Å². The normalized spacial score (nSPS) is 12.2. The van der Waals surface area contributed by atoms with Gasteiger partial charge in [0.2, 0.25) is 0 Å². The predicted octanol–water partition coefficient (Wildman–Crippen LogP) is 3.52. The van der Waals surface area contributed by atoms with Crippen LogP contribution in [0.15, 0.2) is 47.2 Å². The lowest BCUT2D eigenvalue weighted by atomic mass is 10.0. The summed E-state index contributed by atoms with van der Waals surface area (Å²) in [6.07, 6.45) is 3.50. The van der Waals surface area contributed by atoms with Crippen LogP contribution in [-0.4, -0.2) is 16.7 Å². The molecule has 2 aromatic rings. The molecule has 1 atom stereocenters. The number of pyridine rings is 1. The zero-order valence-electron chi connectivity index (χ0n) is 10.7. The second-order valence-electron chi connectivity index (χ2n) is 4.23. The molecule has 0 aliphatic rings. The van der Waals surface area contributed by atoms with Gasteiger partial charge in [-0.15, -0.1) is 0 Å². The molecule has 1 N–H and O–H groups in total. The second-order valence-corrected chi connectivity index (χ2v) is 5.15. The number of aliphatic hydroxyl groups excluding tert-OH is 1. The minimum atomic E-state index is -0.535. The van der Waals surface area contributed by atoms with Gasteiger partial charge in [0.25, 0.3) is 0 Å². The summed E-state index contributed by atoms with van der Waals surface area (Å²) in [6, 6.07) is 9.50. The Bertz CT molecular complexity index is 528. The molecule has 19 heavy (non-hydrogen) atoms. The standard InChI is InChI=1S/C15H16BrNO2/c1-2-19-14-5-3-12(4-6-14)15(18)8-11-7-13(16)10-17-9-11/h3-7,9-10,15,18H,2,8H2,1H3. The van der Waals surface area contributed by atoms with Gasteiger partial charge in [0.15, 0.2) is 0 Å². The number of aromatic nitrogens is 1. The highest BCUT2D eigenvalue weighted by molar-refractivity contribution is 9.10. The van der Waals surface area contributed by atoms with Crippen LogP contribution in [0.1, 0.15) is 24.2 Å². The number of benzene rings is 1. The fourth-order valence-corrected chi connectivity index (χ4v) is 2.27. The van der Waals surface area contributed by atoms with E-state index in [1.165, 1.54) is 0 Å². The summed E-state index contributed by atoms with van der Waals surface area (Å²) >= 11 is 3.37. The van der Waals surface area contributed by atoms with Gasteiger partial charge in [-0.05, 0) is 52.2 Å². The molecule has 1 aromatic heterocycles. The van der Waals surface area contributed by atoms with Crippen LogP contribution < -0.4 is 4.74 Å². The maximum absolute atomic E-state index is 10.2. The SMILES string of the molecule is CCOc1ccc(C(O)Cc2cncc(Br)c2)cc1. The third-order valence-corrected chi connectivity index (χ3v) is 3.20. The number of hydrogen-bond acceptors (Lipinski definition) is 3. The lowest BCUT2D eigenvalue weighted by molar-refractivity contribution is 0.178. The van der Waals surface area contributed by atoms with Crippen molar-refractivity contribution in [3.63, 3.8) is 0 Å². The summed E-state index contributed by atoms with van der Waals surface area (Å²) in [5, 5.41) is 10.2. The Morgan fingerprint density at radius 1 is 1.26 bits per heavy atom. The van der Waals surface area contributed by atoms with Crippen molar-refractivity contribution in [2.75, 3.05) is 6.61 Å². The summed E-state index contributed by atoms with van der Waals surface area (Å²) < 4.78 is 6.30. The van der Waals surface area contributed by atoms with Gasteiger partial charge in [0, 0.05) is 23.3 Å². The van der Waals surface area contributed by atoms with Crippen molar-refractivity contribution in [1.29, 1.82) is 0 Å². The maximum Gasteiger partial charge on any atom is 0.119 e. The molecule has 1 unspecified atom stereocenters. The summed E-state index contributed by atoms with van der Waals surface area (Å²) in [7, 11) is 0. The molecule has 0 spiro atoms. The summed E-state index contributed by atoms with van der Waals surface area (Å²) in [6.45, 7) is 2.59. The Morgan fingerprint density at radius 2 is 2.00 bits per heavy atom. The zero-order valence-corrected chi connectivity index (χ0v) is 12.3. The minimum absolute atomic E-state index is 0.535. The molecule has 3 nitrogen and oxygen atoms in total. The molecule has 0 saturated heterocycles. The predicted molar refractivity (Wildman–Crippen MR) is 78.2 cm³/mol. The Hall–Kier alpha value is -1.39. The maximum atomic E-state index is 10.2. The van der Waals surface area contributed by atoms with Gasteiger partial charge in [-0.1, -0.05) is 12.1 Å². The first-order valence-electron chi connectivity index (χ1n) is 6.19. The highest BCUT2D eigenvalue weighted by atomic mass is 79.9. The summed E-state index contributed by atoms with van der Waals surface area (Å²) in [5.41, 5.74) is 1.87. The van der Waals surface area contributed by atoms with Crippen molar-refractivity contribution in [1.82, 2.24) is 4.98 Å². The van der Waals surface area contributed by atoms with E-state index in [-0.39, 0.29) is 0 Å². The van der Waals surface area contributed by atoms with E-state index in [1.807, 2.05) is 37.3 Å². The molecule has 4 heteroatoms. The van der Waals surface area contributed by atoms with E-state index in [9.17, 15) is 5.11 Å². The third kappa shape index (κ3) is 4.04. The van der Waals surface area contributed by atoms with Crippen LogP contribution in [0.2, 0.25) is 0 Å². The van der Waals surface area contributed by atoms with Crippen LogP contribution in [-0.2, 0) is 6.42 Å². The molecule has 1 aromatic carbocycles. The Labute approximate surface area is 121 Å². The van der Waals surface area contributed by atoms with Gasteiger partial charge >= 0.3 is 0 Å². The van der Waals surface area contributed by atoms with E-state index in [0.717, 1.165) is 21.3 Å². The number of halogens is 1. The van der Waals surface area contributed by atoms with Crippen molar-refractivity contribution in [3.05, 3.63) is 58.3 Å². The quantitative estimate of drug-likeness (QED) is 0.916. The van der Waals surface area contributed by atoms with E-state index in [4.69, 9.17) is 4.74 Å². The minimum Gasteiger partial charge on any atom is -0.494 e. The van der Waals surface area contributed by atoms with Gasteiger partial charge in [-0.2, -0.15) is 0 Å². The summed E-state index contributed by atoms with van der Waals surface area (Å²) in [5.74, 6) is 0.822. The molecule has 0 aliphatic heterocycles. The largest absolute Gasteiger partial charge is 0.494 e. The van der Waals surface area contributed by atoms with Gasteiger partial charge < -0.3 is 9.84 Å². The molecule has 0 saturated carbocycles. The molecular formula is C15H16BrNO2. The lowest BCUT2D eigenvalue weighted by Gasteiger charge is -2.12. The van der Waals surface area contributed by atoms with Crippen molar-refractivity contribution < 1.29 is 9.84 Å². The molecule has 0 aliphatic carbocycles. The zero-order chi connectivity index (χ0) is 13.7. The van der Waals surface area contributed by atoms with E-state index in [1.54, 1.807) is 12.4 Å². The number of ether oxygens (including phenoxy) is 1.